The molecule has 2 aromatic carbocycles. The van der Waals surface area contributed by atoms with E-state index < -0.39 is 18.0 Å². The predicted octanol–water partition coefficient (Wildman–Crippen LogP) is 3.48. The minimum atomic E-state index is -0.984. The van der Waals surface area contributed by atoms with Gasteiger partial charge in [-0.2, -0.15) is 0 Å². The molecule has 8 heteroatoms. The van der Waals surface area contributed by atoms with Crippen molar-refractivity contribution in [1.82, 2.24) is 10.3 Å². The lowest BCUT2D eigenvalue weighted by molar-refractivity contribution is -0.129. The topological polar surface area (TPSA) is 86.8 Å². The first-order valence-corrected chi connectivity index (χ1v) is 9.31. The van der Waals surface area contributed by atoms with E-state index in [9.17, 15) is 9.59 Å². The number of ether oxygens (including phenoxy) is 3. The van der Waals surface area contributed by atoms with Crippen molar-refractivity contribution in [2.75, 3.05) is 6.79 Å². The highest BCUT2D eigenvalue weighted by Crippen LogP contribution is 2.32. The SMILES string of the molecule is C[C@@H](OC(=O)c1cc(Cl)nc2ccccc12)C(=O)NCc1ccc2c(c1)OCO2. The lowest BCUT2D eigenvalue weighted by Gasteiger charge is -2.14. The monoisotopic (exact) mass is 412 g/mol. The molecular weight excluding hydrogens is 396 g/mol. The van der Waals surface area contributed by atoms with Crippen LogP contribution < -0.4 is 14.8 Å². The van der Waals surface area contributed by atoms with Crippen LogP contribution in [-0.2, 0) is 16.1 Å². The van der Waals surface area contributed by atoms with E-state index in [1.165, 1.54) is 13.0 Å². The van der Waals surface area contributed by atoms with Gasteiger partial charge in [0.1, 0.15) is 5.15 Å². The minimum absolute atomic E-state index is 0.176. The number of benzene rings is 2. The summed E-state index contributed by atoms with van der Waals surface area (Å²) in [7, 11) is 0. The molecule has 0 spiro atoms. The maximum absolute atomic E-state index is 12.6. The summed E-state index contributed by atoms with van der Waals surface area (Å²) in [4.78, 5) is 29.2. The molecule has 2 heterocycles. The molecule has 1 aromatic heterocycles. The third kappa shape index (κ3) is 4.09. The van der Waals surface area contributed by atoms with Crippen LogP contribution in [0.2, 0.25) is 5.15 Å². The highest BCUT2D eigenvalue weighted by molar-refractivity contribution is 6.30. The summed E-state index contributed by atoms with van der Waals surface area (Å²) in [6, 6.07) is 13.9. The fourth-order valence-electron chi connectivity index (χ4n) is 2.97. The van der Waals surface area contributed by atoms with Crippen LogP contribution in [-0.4, -0.2) is 29.8 Å². The molecule has 1 aliphatic rings. The Balaban J connectivity index is 1.40. The normalized spacial score (nSPS) is 13.2. The standard InChI is InChI=1S/C21H17ClN2O5/c1-12(20(25)23-10-13-6-7-17-18(8-13)28-11-27-17)29-21(26)15-9-19(22)24-16-5-3-2-4-14(15)16/h2-9,12H,10-11H2,1H3,(H,23,25)/t12-/m1/s1. The zero-order valence-electron chi connectivity index (χ0n) is 15.5. The van der Waals surface area contributed by atoms with E-state index in [1.807, 2.05) is 6.07 Å². The van der Waals surface area contributed by atoms with Crippen LogP contribution in [0.15, 0.2) is 48.5 Å². The fraction of sp³-hybridized carbons (Fsp3) is 0.190. The van der Waals surface area contributed by atoms with Gasteiger partial charge in [-0.1, -0.05) is 35.9 Å². The van der Waals surface area contributed by atoms with E-state index in [0.717, 1.165) is 5.56 Å². The lowest BCUT2D eigenvalue weighted by atomic mass is 10.1. The van der Waals surface area contributed by atoms with Gasteiger partial charge in [-0.3, -0.25) is 4.79 Å². The van der Waals surface area contributed by atoms with E-state index in [-0.39, 0.29) is 24.1 Å². The Morgan fingerprint density at radius 2 is 1.97 bits per heavy atom. The average molecular weight is 413 g/mol. The van der Waals surface area contributed by atoms with Gasteiger partial charge in [-0.25, -0.2) is 9.78 Å². The zero-order chi connectivity index (χ0) is 20.4. The third-order valence-electron chi connectivity index (χ3n) is 4.46. The van der Waals surface area contributed by atoms with Crippen molar-refractivity contribution in [1.29, 1.82) is 0 Å². The van der Waals surface area contributed by atoms with Gasteiger partial charge in [-0.15, -0.1) is 0 Å². The Kier molecular flexibility index (Phi) is 5.22. The van der Waals surface area contributed by atoms with Gasteiger partial charge >= 0.3 is 5.97 Å². The molecule has 1 N–H and O–H groups in total. The van der Waals surface area contributed by atoms with Gasteiger partial charge < -0.3 is 19.5 Å². The van der Waals surface area contributed by atoms with Gasteiger partial charge in [0.15, 0.2) is 17.6 Å². The second kappa shape index (κ2) is 7.97. The molecule has 3 aromatic rings. The van der Waals surface area contributed by atoms with Gasteiger partial charge in [0.2, 0.25) is 6.79 Å². The van der Waals surface area contributed by atoms with E-state index >= 15 is 0 Å². The molecule has 29 heavy (non-hydrogen) atoms. The molecule has 0 saturated carbocycles. The maximum atomic E-state index is 12.6. The van der Waals surface area contributed by atoms with Crippen molar-refractivity contribution in [3.63, 3.8) is 0 Å². The number of nitrogens with zero attached hydrogens (tertiary/aromatic N) is 1. The first kappa shape index (κ1) is 19.0. The second-order valence-electron chi connectivity index (χ2n) is 6.46. The van der Waals surface area contributed by atoms with Crippen molar-refractivity contribution in [3.8, 4) is 11.5 Å². The highest BCUT2D eigenvalue weighted by Gasteiger charge is 2.21. The number of nitrogens with one attached hydrogen (secondary N) is 1. The summed E-state index contributed by atoms with van der Waals surface area (Å²) >= 11 is 6.01. The predicted molar refractivity (Wildman–Crippen MR) is 106 cm³/mol. The molecule has 7 nitrogen and oxygen atoms in total. The largest absolute Gasteiger partial charge is 0.454 e. The number of amides is 1. The summed E-state index contributed by atoms with van der Waals surface area (Å²) in [5.41, 5.74) is 1.68. The quantitative estimate of drug-likeness (QED) is 0.510. The fourth-order valence-corrected chi connectivity index (χ4v) is 3.17. The van der Waals surface area contributed by atoms with Gasteiger partial charge in [0.05, 0.1) is 11.1 Å². The molecule has 0 saturated heterocycles. The average Bonchev–Trinajstić information content (AvgIpc) is 3.19. The Bertz CT molecular complexity index is 1100. The second-order valence-corrected chi connectivity index (χ2v) is 6.85. The van der Waals surface area contributed by atoms with E-state index in [0.29, 0.717) is 22.4 Å². The molecule has 0 fully saturated rings. The number of halogens is 1. The first-order chi connectivity index (χ1) is 14.0. The first-order valence-electron chi connectivity index (χ1n) is 8.94. The Morgan fingerprint density at radius 1 is 1.17 bits per heavy atom. The number of rotatable bonds is 5. The van der Waals surface area contributed by atoms with Crippen molar-refractivity contribution in [3.05, 3.63) is 64.8 Å². The molecule has 4 rings (SSSR count). The maximum Gasteiger partial charge on any atom is 0.339 e. The third-order valence-corrected chi connectivity index (χ3v) is 4.66. The summed E-state index contributed by atoms with van der Waals surface area (Å²) in [5.74, 6) is 0.250. The van der Waals surface area contributed by atoms with Gasteiger partial charge in [0.25, 0.3) is 5.91 Å². The van der Waals surface area contributed by atoms with E-state index in [2.05, 4.69) is 10.3 Å². The van der Waals surface area contributed by atoms with Crippen LogP contribution in [0.25, 0.3) is 10.9 Å². The van der Waals surface area contributed by atoms with Crippen molar-refractivity contribution >= 4 is 34.4 Å². The smallest absolute Gasteiger partial charge is 0.339 e. The number of hydrogen-bond donors (Lipinski definition) is 1. The molecule has 0 unspecified atom stereocenters. The number of aromatic nitrogens is 1. The number of carbonyl (C=O) groups is 2. The van der Waals surface area contributed by atoms with Crippen LogP contribution in [0, 0.1) is 0 Å². The number of fused-ring (bicyclic) bond motifs is 2. The summed E-state index contributed by atoms with van der Waals surface area (Å²) in [6.45, 7) is 1.96. The van der Waals surface area contributed by atoms with Gasteiger partial charge in [0, 0.05) is 11.9 Å². The molecule has 1 atom stereocenters. The van der Waals surface area contributed by atoms with Crippen molar-refractivity contribution in [2.24, 2.45) is 0 Å². The summed E-state index contributed by atoms with van der Waals surface area (Å²) in [6.07, 6.45) is -0.984. The highest BCUT2D eigenvalue weighted by atomic mass is 35.5. The number of carbonyl (C=O) groups excluding carboxylic acids is 2. The summed E-state index contributed by atoms with van der Waals surface area (Å²) in [5, 5.41) is 3.53. The number of hydrogen-bond acceptors (Lipinski definition) is 6. The minimum Gasteiger partial charge on any atom is -0.454 e. The van der Waals surface area contributed by atoms with Crippen LogP contribution in [0.1, 0.15) is 22.8 Å². The zero-order valence-corrected chi connectivity index (χ0v) is 16.2. The molecule has 0 radical (unpaired) electrons. The van der Waals surface area contributed by atoms with E-state index in [1.54, 1.807) is 36.4 Å². The number of esters is 1. The lowest BCUT2D eigenvalue weighted by Crippen LogP contribution is -2.35. The Hall–Kier alpha value is -3.32. The molecule has 1 aliphatic heterocycles. The van der Waals surface area contributed by atoms with Crippen molar-refractivity contribution in [2.45, 2.75) is 19.6 Å². The Morgan fingerprint density at radius 3 is 2.83 bits per heavy atom. The molecule has 1 amide bonds. The molecule has 0 aliphatic carbocycles. The van der Waals surface area contributed by atoms with Crippen LogP contribution >= 0.6 is 11.6 Å². The number of para-hydroxylation sites is 1. The Labute approximate surface area is 171 Å². The molecule has 148 valence electrons. The van der Waals surface area contributed by atoms with Crippen molar-refractivity contribution < 1.29 is 23.8 Å². The summed E-state index contributed by atoms with van der Waals surface area (Å²) < 4.78 is 15.9. The molecular formula is C21H17ClN2O5. The van der Waals surface area contributed by atoms with Crippen LogP contribution in [0.4, 0.5) is 0 Å². The van der Waals surface area contributed by atoms with Gasteiger partial charge in [-0.05, 0) is 36.8 Å². The molecule has 0 bridgehead atoms. The van der Waals surface area contributed by atoms with Crippen LogP contribution in [0.5, 0.6) is 11.5 Å². The van der Waals surface area contributed by atoms with E-state index in [4.69, 9.17) is 25.8 Å². The number of pyridine rings is 1. The van der Waals surface area contributed by atoms with Crippen LogP contribution in [0.3, 0.4) is 0 Å².